The Morgan fingerprint density at radius 1 is 1.32 bits per heavy atom. The number of hydrogen-bond acceptors (Lipinski definition) is 1. The maximum Gasteiger partial charge on any atom is 0.268 e. The van der Waals surface area contributed by atoms with Gasteiger partial charge >= 0.3 is 0 Å². The van der Waals surface area contributed by atoms with E-state index in [0.717, 1.165) is 18.7 Å². The van der Waals surface area contributed by atoms with Crippen molar-refractivity contribution >= 4 is 16.8 Å². The fourth-order valence-corrected chi connectivity index (χ4v) is 3.54. The molecule has 2 aromatic rings. The summed E-state index contributed by atoms with van der Waals surface area (Å²) >= 11 is 0. The molecule has 0 atom stereocenters. The predicted molar refractivity (Wildman–Crippen MR) is 75.5 cm³/mol. The Labute approximate surface area is 112 Å². The van der Waals surface area contributed by atoms with E-state index in [9.17, 15) is 4.79 Å². The average Bonchev–Trinajstić information content (AvgIpc) is 2.77. The number of aromatic nitrogens is 1. The molecule has 1 fully saturated rings. The van der Waals surface area contributed by atoms with Crippen molar-refractivity contribution in [1.29, 1.82) is 0 Å². The molecule has 98 valence electrons. The number of carbonyl (C=O) groups is 1. The molecule has 19 heavy (non-hydrogen) atoms. The van der Waals surface area contributed by atoms with Gasteiger partial charge in [0.15, 0.2) is 0 Å². The average molecular weight is 254 g/mol. The largest absolute Gasteiger partial charge is 0.348 e. The molecule has 2 heterocycles. The highest BCUT2D eigenvalue weighted by Crippen LogP contribution is 2.44. The monoisotopic (exact) mass is 254 g/mol. The fraction of sp³-hybridized carbons (Fsp3) is 0.438. The van der Waals surface area contributed by atoms with Gasteiger partial charge in [0.05, 0.1) is 5.54 Å². The first-order chi connectivity index (χ1) is 9.23. The molecule has 0 saturated heterocycles. The van der Waals surface area contributed by atoms with Crippen molar-refractivity contribution in [1.82, 2.24) is 9.88 Å². The second-order valence-corrected chi connectivity index (χ2v) is 5.87. The van der Waals surface area contributed by atoms with E-state index in [2.05, 4.69) is 35.0 Å². The van der Waals surface area contributed by atoms with Crippen LogP contribution in [-0.2, 0) is 12.0 Å². The molecular weight excluding hydrogens is 236 g/mol. The van der Waals surface area contributed by atoms with E-state index >= 15 is 0 Å². The van der Waals surface area contributed by atoms with Crippen LogP contribution in [0.2, 0.25) is 0 Å². The summed E-state index contributed by atoms with van der Waals surface area (Å²) in [7, 11) is 0. The van der Waals surface area contributed by atoms with Gasteiger partial charge in [-0.15, -0.1) is 0 Å². The lowest BCUT2D eigenvalue weighted by molar-refractivity contribution is 0.0763. The van der Waals surface area contributed by atoms with Crippen molar-refractivity contribution in [2.24, 2.45) is 0 Å². The number of benzene rings is 1. The number of amides is 1. The highest BCUT2D eigenvalue weighted by Gasteiger charge is 2.44. The molecule has 1 aromatic heterocycles. The lowest BCUT2D eigenvalue weighted by atomic mass is 9.75. The minimum Gasteiger partial charge on any atom is -0.348 e. The Morgan fingerprint density at radius 2 is 2.16 bits per heavy atom. The van der Waals surface area contributed by atoms with Gasteiger partial charge in [-0.1, -0.05) is 19.1 Å². The summed E-state index contributed by atoms with van der Waals surface area (Å²) in [6.45, 7) is 2.96. The topological polar surface area (TPSA) is 34.0 Å². The van der Waals surface area contributed by atoms with E-state index in [4.69, 9.17) is 0 Å². The minimum atomic E-state index is 0.0757. The lowest BCUT2D eigenvalue weighted by Crippen LogP contribution is -2.55. The zero-order valence-corrected chi connectivity index (χ0v) is 11.2. The van der Waals surface area contributed by atoms with Gasteiger partial charge < -0.3 is 9.88 Å². The van der Waals surface area contributed by atoms with Crippen molar-refractivity contribution in [3.63, 3.8) is 0 Å². The van der Waals surface area contributed by atoms with Crippen LogP contribution in [0.4, 0.5) is 0 Å². The van der Waals surface area contributed by atoms with Crippen LogP contribution in [0.1, 0.15) is 42.2 Å². The van der Waals surface area contributed by atoms with Crippen LogP contribution in [0.3, 0.4) is 0 Å². The molecule has 1 spiro atoms. The van der Waals surface area contributed by atoms with Crippen molar-refractivity contribution in [3.05, 3.63) is 35.5 Å². The van der Waals surface area contributed by atoms with Gasteiger partial charge in [-0.05, 0) is 43.4 Å². The molecule has 4 rings (SSSR count). The van der Waals surface area contributed by atoms with Crippen LogP contribution in [0, 0.1) is 0 Å². The smallest absolute Gasteiger partial charge is 0.268 e. The number of fused-ring (bicyclic) bond motifs is 4. The number of aryl methyl sites for hydroxylation is 1. The molecule has 0 radical (unpaired) electrons. The Kier molecular flexibility index (Phi) is 2.12. The van der Waals surface area contributed by atoms with E-state index in [1.807, 2.05) is 6.07 Å². The standard InChI is InChI=1S/C16H18N2O/c1-2-11-4-5-12-9-14-15(19)17-10-16(6-3-7-16)18(14)13(12)8-11/h4-5,8-9H,2-3,6-7,10H2,1H3,(H,17,19). The van der Waals surface area contributed by atoms with Crippen LogP contribution in [0.15, 0.2) is 24.3 Å². The summed E-state index contributed by atoms with van der Waals surface area (Å²) in [6, 6.07) is 8.62. The van der Waals surface area contributed by atoms with Crippen molar-refractivity contribution in [2.75, 3.05) is 6.54 Å². The molecule has 3 nitrogen and oxygen atoms in total. The highest BCUT2D eigenvalue weighted by atomic mass is 16.2. The SMILES string of the molecule is CCc1ccc2cc3n(c2c1)C1(CCC1)CNC3=O. The number of carbonyl (C=O) groups excluding carboxylic acids is 1. The van der Waals surface area contributed by atoms with E-state index in [0.29, 0.717) is 0 Å². The summed E-state index contributed by atoms with van der Waals surface area (Å²) in [5.41, 5.74) is 3.57. The summed E-state index contributed by atoms with van der Waals surface area (Å²) < 4.78 is 2.32. The number of hydrogen-bond donors (Lipinski definition) is 1. The summed E-state index contributed by atoms with van der Waals surface area (Å²) in [5, 5.41) is 4.25. The molecule has 1 aliphatic heterocycles. The molecule has 0 unspecified atom stereocenters. The molecule has 1 aliphatic carbocycles. The zero-order valence-electron chi connectivity index (χ0n) is 11.2. The normalized spacial score (nSPS) is 20.2. The van der Waals surface area contributed by atoms with Gasteiger partial charge in [-0.3, -0.25) is 4.79 Å². The molecule has 1 amide bonds. The predicted octanol–water partition coefficient (Wildman–Crippen LogP) is 2.83. The first-order valence-corrected chi connectivity index (χ1v) is 7.17. The van der Waals surface area contributed by atoms with Crippen LogP contribution in [-0.4, -0.2) is 17.0 Å². The second-order valence-electron chi connectivity index (χ2n) is 5.87. The Morgan fingerprint density at radius 3 is 2.84 bits per heavy atom. The fourth-order valence-electron chi connectivity index (χ4n) is 3.54. The first-order valence-electron chi connectivity index (χ1n) is 7.17. The van der Waals surface area contributed by atoms with Crippen LogP contribution >= 0.6 is 0 Å². The summed E-state index contributed by atoms with van der Waals surface area (Å²) in [6.07, 6.45) is 4.67. The molecule has 0 bridgehead atoms. The molecule has 3 heteroatoms. The molecule has 1 saturated carbocycles. The maximum atomic E-state index is 12.1. The molecule has 1 aromatic carbocycles. The first kappa shape index (κ1) is 11.1. The van der Waals surface area contributed by atoms with E-state index in [-0.39, 0.29) is 11.4 Å². The Bertz CT molecular complexity index is 679. The van der Waals surface area contributed by atoms with Crippen LogP contribution in [0.5, 0.6) is 0 Å². The van der Waals surface area contributed by atoms with E-state index in [1.165, 1.54) is 35.7 Å². The number of nitrogens with one attached hydrogen (secondary N) is 1. The van der Waals surface area contributed by atoms with E-state index in [1.54, 1.807) is 0 Å². The molecule has 2 aliphatic rings. The highest BCUT2D eigenvalue weighted by molar-refractivity contribution is 6.00. The van der Waals surface area contributed by atoms with Gasteiger partial charge in [0.1, 0.15) is 5.69 Å². The second kappa shape index (κ2) is 3.62. The van der Waals surface area contributed by atoms with Crippen molar-refractivity contribution < 1.29 is 4.79 Å². The van der Waals surface area contributed by atoms with Crippen molar-refractivity contribution in [3.8, 4) is 0 Å². The minimum absolute atomic E-state index is 0.0757. The summed E-state index contributed by atoms with van der Waals surface area (Å²) in [5.74, 6) is 0.0757. The van der Waals surface area contributed by atoms with Crippen molar-refractivity contribution in [2.45, 2.75) is 38.1 Å². The zero-order chi connectivity index (χ0) is 13.0. The quantitative estimate of drug-likeness (QED) is 0.834. The lowest BCUT2D eigenvalue weighted by Gasteiger charge is -2.47. The number of nitrogens with zero attached hydrogens (tertiary/aromatic N) is 1. The molecule has 1 N–H and O–H groups in total. The third kappa shape index (κ3) is 1.36. The molecular formula is C16H18N2O. The van der Waals surface area contributed by atoms with Gasteiger partial charge in [0.2, 0.25) is 0 Å². The Hall–Kier alpha value is -1.77. The van der Waals surface area contributed by atoms with Gasteiger partial charge in [0, 0.05) is 17.4 Å². The van der Waals surface area contributed by atoms with Gasteiger partial charge in [-0.2, -0.15) is 0 Å². The van der Waals surface area contributed by atoms with Gasteiger partial charge in [-0.25, -0.2) is 0 Å². The third-order valence-electron chi connectivity index (χ3n) is 4.85. The van der Waals surface area contributed by atoms with E-state index < -0.39 is 0 Å². The maximum absolute atomic E-state index is 12.1. The summed E-state index contributed by atoms with van der Waals surface area (Å²) in [4.78, 5) is 12.1. The Balaban J connectivity index is 2.03. The van der Waals surface area contributed by atoms with Crippen LogP contribution < -0.4 is 5.32 Å². The van der Waals surface area contributed by atoms with Crippen LogP contribution in [0.25, 0.3) is 10.9 Å². The van der Waals surface area contributed by atoms with Gasteiger partial charge in [0.25, 0.3) is 5.91 Å². The third-order valence-corrected chi connectivity index (χ3v) is 4.85. The number of rotatable bonds is 1.